The van der Waals surface area contributed by atoms with E-state index in [0.717, 1.165) is 17.0 Å². The summed E-state index contributed by atoms with van der Waals surface area (Å²) in [5.74, 6) is 0.818. The van der Waals surface area contributed by atoms with E-state index >= 15 is 0 Å². The molecule has 0 aliphatic carbocycles. The standard InChI is InChI=1S/C20H18N2O2/c1-3-9-17(10-4-1)20(19-13-7-8-14-21-19)22-24-16-15-23-18-11-5-2-6-12-18/h1-14H,15-16H2. The highest BCUT2D eigenvalue weighted by Gasteiger charge is 2.08. The summed E-state index contributed by atoms with van der Waals surface area (Å²) in [5.41, 5.74) is 2.43. The lowest BCUT2D eigenvalue weighted by molar-refractivity contribution is 0.107. The minimum atomic E-state index is 0.359. The fourth-order valence-corrected chi connectivity index (χ4v) is 2.17. The van der Waals surface area contributed by atoms with Crippen molar-refractivity contribution in [3.8, 4) is 5.75 Å². The second-order valence-corrected chi connectivity index (χ2v) is 5.02. The van der Waals surface area contributed by atoms with E-state index in [2.05, 4.69) is 10.1 Å². The Morgan fingerprint density at radius 3 is 2.21 bits per heavy atom. The number of aromatic nitrogens is 1. The maximum atomic E-state index is 5.59. The number of oxime groups is 1. The highest BCUT2D eigenvalue weighted by molar-refractivity contribution is 6.11. The van der Waals surface area contributed by atoms with E-state index in [4.69, 9.17) is 9.57 Å². The fraction of sp³-hybridized carbons (Fsp3) is 0.100. The van der Waals surface area contributed by atoms with Crippen molar-refractivity contribution in [1.82, 2.24) is 4.98 Å². The second kappa shape index (κ2) is 8.48. The molecule has 0 amide bonds. The Bertz CT molecular complexity index is 718. The molecule has 24 heavy (non-hydrogen) atoms. The molecule has 0 atom stereocenters. The molecule has 0 unspecified atom stereocenters. The molecule has 120 valence electrons. The first kappa shape index (κ1) is 15.7. The van der Waals surface area contributed by atoms with Gasteiger partial charge >= 0.3 is 0 Å². The number of hydrogen-bond acceptors (Lipinski definition) is 4. The monoisotopic (exact) mass is 318 g/mol. The smallest absolute Gasteiger partial charge is 0.151 e. The first-order chi connectivity index (χ1) is 11.9. The Labute approximate surface area is 141 Å². The van der Waals surface area contributed by atoms with Crippen LogP contribution in [-0.2, 0) is 4.84 Å². The van der Waals surface area contributed by atoms with Gasteiger partial charge in [-0.15, -0.1) is 0 Å². The molecule has 3 aromatic rings. The molecule has 0 saturated carbocycles. The summed E-state index contributed by atoms with van der Waals surface area (Å²) in [6, 6.07) is 25.2. The van der Waals surface area contributed by atoms with Gasteiger partial charge in [-0.3, -0.25) is 4.98 Å². The lowest BCUT2D eigenvalue weighted by Gasteiger charge is -2.08. The molecule has 0 fully saturated rings. The number of hydrogen-bond donors (Lipinski definition) is 0. The van der Waals surface area contributed by atoms with Crippen molar-refractivity contribution in [2.75, 3.05) is 13.2 Å². The summed E-state index contributed by atoms with van der Waals surface area (Å²) in [5, 5.41) is 4.27. The molecule has 1 aromatic heterocycles. The Hall–Kier alpha value is -3.14. The zero-order chi connectivity index (χ0) is 16.5. The Morgan fingerprint density at radius 2 is 1.50 bits per heavy atom. The van der Waals surface area contributed by atoms with Gasteiger partial charge in [-0.1, -0.05) is 59.8 Å². The molecule has 0 saturated heterocycles. The number of para-hydroxylation sites is 1. The number of rotatable bonds is 7. The maximum absolute atomic E-state index is 5.59. The van der Waals surface area contributed by atoms with Gasteiger partial charge in [0.2, 0.25) is 0 Å². The third kappa shape index (κ3) is 4.43. The zero-order valence-electron chi connectivity index (χ0n) is 13.2. The van der Waals surface area contributed by atoms with E-state index in [1.807, 2.05) is 78.9 Å². The van der Waals surface area contributed by atoms with Crippen molar-refractivity contribution in [3.05, 3.63) is 96.3 Å². The van der Waals surface area contributed by atoms with Gasteiger partial charge in [0.05, 0.1) is 5.69 Å². The molecule has 0 aliphatic rings. The van der Waals surface area contributed by atoms with Crippen LogP contribution in [0.2, 0.25) is 0 Å². The second-order valence-electron chi connectivity index (χ2n) is 5.02. The Balaban J connectivity index is 1.64. The topological polar surface area (TPSA) is 43.7 Å². The summed E-state index contributed by atoms with van der Waals surface area (Å²) in [6.07, 6.45) is 1.74. The van der Waals surface area contributed by atoms with Crippen molar-refractivity contribution < 1.29 is 9.57 Å². The van der Waals surface area contributed by atoms with Gasteiger partial charge in [-0.05, 0) is 24.3 Å². The number of ether oxygens (including phenoxy) is 1. The predicted octanol–water partition coefficient (Wildman–Crippen LogP) is 3.93. The van der Waals surface area contributed by atoms with Crippen LogP contribution in [0, 0.1) is 0 Å². The molecular formula is C20H18N2O2. The number of pyridine rings is 1. The van der Waals surface area contributed by atoms with Crippen molar-refractivity contribution in [2.24, 2.45) is 5.16 Å². The van der Waals surface area contributed by atoms with Gasteiger partial charge in [0, 0.05) is 11.8 Å². The molecular weight excluding hydrogens is 300 g/mol. The molecule has 1 heterocycles. The van der Waals surface area contributed by atoms with Crippen molar-refractivity contribution >= 4 is 5.71 Å². The summed E-state index contributed by atoms with van der Waals surface area (Å²) in [6.45, 7) is 0.788. The fourth-order valence-electron chi connectivity index (χ4n) is 2.17. The lowest BCUT2D eigenvalue weighted by atomic mass is 10.1. The van der Waals surface area contributed by atoms with Gasteiger partial charge in [0.25, 0.3) is 0 Å². The quantitative estimate of drug-likeness (QED) is 0.377. The summed E-state index contributed by atoms with van der Waals surface area (Å²) < 4.78 is 5.59. The Morgan fingerprint density at radius 1 is 0.792 bits per heavy atom. The summed E-state index contributed by atoms with van der Waals surface area (Å²) in [4.78, 5) is 9.81. The molecule has 0 N–H and O–H groups in total. The van der Waals surface area contributed by atoms with E-state index in [0.29, 0.717) is 18.9 Å². The molecule has 3 rings (SSSR count). The molecule has 4 nitrogen and oxygen atoms in total. The van der Waals surface area contributed by atoms with Crippen LogP contribution in [0.15, 0.2) is 90.2 Å². The number of benzene rings is 2. The first-order valence-electron chi connectivity index (χ1n) is 7.78. The Kier molecular flexibility index (Phi) is 5.56. The maximum Gasteiger partial charge on any atom is 0.151 e. The van der Waals surface area contributed by atoms with Gasteiger partial charge in [0.15, 0.2) is 6.61 Å². The highest BCUT2D eigenvalue weighted by atomic mass is 16.6. The average Bonchev–Trinajstić information content (AvgIpc) is 2.67. The summed E-state index contributed by atoms with van der Waals surface area (Å²) in [7, 11) is 0. The first-order valence-corrected chi connectivity index (χ1v) is 7.78. The van der Waals surface area contributed by atoms with Crippen LogP contribution in [-0.4, -0.2) is 23.9 Å². The van der Waals surface area contributed by atoms with Crippen molar-refractivity contribution in [3.63, 3.8) is 0 Å². The average molecular weight is 318 g/mol. The van der Waals surface area contributed by atoms with E-state index in [1.54, 1.807) is 6.20 Å². The van der Waals surface area contributed by atoms with Crippen molar-refractivity contribution in [1.29, 1.82) is 0 Å². The van der Waals surface area contributed by atoms with Crippen LogP contribution in [0.3, 0.4) is 0 Å². The normalized spacial score (nSPS) is 11.1. The summed E-state index contributed by atoms with van der Waals surface area (Å²) >= 11 is 0. The SMILES string of the molecule is c1ccc(OCCON=C(c2ccccc2)c2ccccn2)cc1. The van der Waals surface area contributed by atoms with E-state index in [9.17, 15) is 0 Å². The van der Waals surface area contributed by atoms with E-state index < -0.39 is 0 Å². The predicted molar refractivity (Wildman–Crippen MR) is 94.2 cm³/mol. The number of nitrogens with zero attached hydrogens (tertiary/aromatic N) is 2. The van der Waals surface area contributed by atoms with Crippen LogP contribution in [0.25, 0.3) is 0 Å². The van der Waals surface area contributed by atoms with Crippen LogP contribution in [0.4, 0.5) is 0 Å². The lowest BCUT2D eigenvalue weighted by Crippen LogP contribution is -2.09. The third-order valence-electron chi connectivity index (χ3n) is 3.30. The largest absolute Gasteiger partial charge is 0.490 e. The molecule has 4 heteroatoms. The minimum Gasteiger partial charge on any atom is -0.490 e. The van der Waals surface area contributed by atoms with E-state index in [-0.39, 0.29) is 0 Å². The minimum absolute atomic E-state index is 0.359. The molecule has 0 radical (unpaired) electrons. The van der Waals surface area contributed by atoms with Crippen molar-refractivity contribution in [2.45, 2.75) is 0 Å². The highest BCUT2D eigenvalue weighted by Crippen LogP contribution is 2.10. The molecule has 0 spiro atoms. The van der Waals surface area contributed by atoms with Crippen LogP contribution in [0.1, 0.15) is 11.3 Å². The van der Waals surface area contributed by atoms with Crippen LogP contribution in [0.5, 0.6) is 5.75 Å². The zero-order valence-corrected chi connectivity index (χ0v) is 13.2. The van der Waals surface area contributed by atoms with Gasteiger partial charge in [0.1, 0.15) is 18.1 Å². The molecule has 2 aromatic carbocycles. The van der Waals surface area contributed by atoms with E-state index in [1.165, 1.54) is 0 Å². The molecule has 0 bridgehead atoms. The van der Waals surface area contributed by atoms with Gasteiger partial charge < -0.3 is 9.57 Å². The van der Waals surface area contributed by atoms with Crippen LogP contribution >= 0.6 is 0 Å². The molecule has 0 aliphatic heterocycles. The van der Waals surface area contributed by atoms with Gasteiger partial charge in [-0.2, -0.15) is 0 Å². The van der Waals surface area contributed by atoms with Crippen LogP contribution < -0.4 is 4.74 Å². The third-order valence-corrected chi connectivity index (χ3v) is 3.30. The van der Waals surface area contributed by atoms with Gasteiger partial charge in [-0.25, -0.2) is 0 Å².